The predicted molar refractivity (Wildman–Crippen MR) is 79.4 cm³/mol. The highest BCUT2D eigenvalue weighted by atomic mass is 35.5. The Bertz CT molecular complexity index is 619. The first kappa shape index (κ1) is 13.3. The molecule has 0 N–H and O–H groups in total. The molecule has 0 aliphatic heterocycles. The number of benzene rings is 1. The summed E-state index contributed by atoms with van der Waals surface area (Å²) < 4.78 is 16.2. The maximum atomic E-state index is 13.8. The van der Waals surface area contributed by atoms with Crippen LogP contribution in [-0.2, 0) is 6.54 Å². The van der Waals surface area contributed by atoms with Gasteiger partial charge >= 0.3 is 0 Å². The van der Waals surface area contributed by atoms with E-state index in [0.29, 0.717) is 10.3 Å². The molecule has 2 nitrogen and oxygen atoms in total. The van der Waals surface area contributed by atoms with Crippen LogP contribution in [-0.4, -0.2) is 20.6 Å². The van der Waals surface area contributed by atoms with Crippen LogP contribution in [0.1, 0.15) is 31.0 Å². The third-order valence-corrected chi connectivity index (χ3v) is 5.40. The Hall–Kier alpha value is -0.740. The number of alkyl halides is 1. The van der Waals surface area contributed by atoms with Crippen molar-refractivity contribution in [3.05, 3.63) is 29.8 Å². The normalized spacial score (nSPS) is 18.7. The van der Waals surface area contributed by atoms with E-state index in [2.05, 4.69) is 15.8 Å². The van der Waals surface area contributed by atoms with Gasteiger partial charge in [-0.3, -0.25) is 0 Å². The van der Waals surface area contributed by atoms with E-state index in [0.717, 1.165) is 17.9 Å². The summed E-state index contributed by atoms with van der Waals surface area (Å²) in [5.41, 5.74) is 1.28. The smallest absolute Gasteiger partial charge is 0.151 e. The fourth-order valence-corrected chi connectivity index (χ4v) is 3.39. The first-order valence-corrected chi connectivity index (χ1v) is 8.06. The second kappa shape index (κ2) is 4.67. The van der Waals surface area contributed by atoms with E-state index in [1.807, 2.05) is 24.8 Å². The number of halogens is 2. The van der Waals surface area contributed by atoms with Crippen molar-refractivity contribution < 1.29 is 4.39 Å². The predicted octanol–water partition coefficient (Wildman–Crippen LogP) is 4.37. The number of para-hydroxylation sites is 1. The van der Waals surface area contributed by atoms with E-state index in [-0.39, 0.29) is 11.2 Å². The molecule has 0 amide bonds. The summed E-state index contributed by atoms with van der Waals surface area (Å²) in [5, 5.41) is -0.218. The van der Waals surface area contributed by atoms with Crippen LogP contribution in [0.15, 0.2) is 18.2 Å². The minimum Gasteiger partial charge on any atom is -0.325 e. The summed E-state index contributed by atoms with van der Waals surface area (Å²) in [4.78, 5) is 4.40. The average Bonchev–Trinajstić information content (AvgIpc) is 3.06. The highest BCUT2D eigenvalue weighted by Gasteiger charge is 2.43. The third-order valence-electron chi connectivity index (χ3n) is 3.80. The molecule has 1 saturated carbocycles. The van der Waals surface area contributed by atoms with Gasteiger partial charge in [0.25, 0.3) is 0 Å². The molecular weight excluding hydrogens is 283 g/mol. The molecule has 1 aromatic carbocycles. The second-order valence-corrected chi connectivity index (χ2v) is 7.10. The number of imidazole rings is 1. The largest absolute Gasteiger partial charge is 0.325 e. The second-order valence-electron chi connectivity index (χ2n) is 5.17. The molecule has 2 aromatic rings. The molecule has 102 valence electrons. The topological polar surface area (TPSA) is 17.8 Å². The van der Waals surface area contributed by atoms with Gasteiger partial charge in [0.2, 0.25) is 0 Å². The number of aromatic nitrogens is 2. The zero-order chi connectivity index (χ0) is 13.6. The molecule has 1 heterocycles. The summed E-state index contributed by atoms with van der Waals surface area (Å²) in [6, 6.07) is 5.10. The standard InChI is InChI=1S/C14H16ClFN2S/c1-9(15)13-17-12-10(16)4-3-5-11(12)18(13)8-14(19-2)6-7-14/h3-5,9H,6-8H2,1-2H3. The number of nitrogens with zero attached hydrogens (tertiary/aromatic N) is 2. The van der Waals surface area contributed by atoms with Crippen LogP contribution in [0.4, 0.5) is 4.39 Å². The molecule has 1 atom stereocenters. The van der Waals surface area contributed by atoms with E-state index in [1.54, 1.807) is 6.07 Å². The summed E-state index contributed by atoms with van der Waals surface area (Å²) in [7, 11) is 0. The molecule has 0 spiro atoms. The molecule has 0 radical (unpaired) electrons. The van der Waals surface area contributed by atoms with Crippen molar-refractivity contribution in [2.24, 2.45) is 0 Å². The lowest BCUT2D eigenvalue weighted by atomic mass is 10.3. The van der Waals surface area contributed by atoms with Crippen LogP contribution < -0.4 is 0 Å². The summed E-state index contributed by atoms with van der Waals surface area (Å²) in [6.07, 6.45) is 4.55. The zero-order valence-corrected chi connectivity index (χ0v) is 12.6. The van der Waals surface area contributed by atoms with Crippen LogP contribution in [0.3, 0.4) is 0 Å². The fourth-order valence-electron chi connectivity index (χ4n) is 2.45. The summed E-state index contributed by atoms with van der Waals surface area (Å²) in [5.74, 6) is 0.492. The van der Waals surface area contributed by atoms with Crippen molar-refractivity contribution in [2.75, 3.05) is 6.26 Å². The Kier molecular flexibility index (Phi) is 3.26. The van der Waals surface area contributed by atoms with Crippen molar-refractivity contribution >= 4 is 34.4 Å². The van der Waals surface area contributed by atoms with Crippen LogP contribution in [0.25, 0.3) is 11.0 Å². The van der Waals surface area contributed by atoms with Gasteiger partial charge in [-0.2, -0.15) is 11.8 Å². The lowest BCUT2D eigenvalue weighted by Gasteiger charge is -2.17. The maximum absolute atomic E-state index is 13.8. The SMILES string of the molecule is CSC1(Cn2c(C(C)Cl)nc3c(F)cccc32)CC1. The fraction of sp³-hybridized carbons (Fsp3) is 0.500. The number of rotatable bonds is 4. The van der Waals surface area contributed by atoms with Gasteiger partial charge in [-0.05, 0) is 38.2 Å². The van der Waals surface area contributed by atoms with Crippen LogP contribution in [0.5, 0.6) is 0 Å². The molecular formula is C14H16ClFN2S. The van der Waals surface area contributed by atoms with Gasteiger partial charge in [-0.15, -0.1) is 11.6 Å². The van der Waals surface area contributed by atoms with E-state index >= 15 is 0 Å². The molecule has 1 fully saturated rings. The van der Waals surface area contributed by atoms with Crippen molar-refractivity contribution in [1.29, 1.82) is 0 Å². The lowest BCUT2D eigenvalue weighted by Crippen LogP contribution is -2.16. The Morgan fingerprint density at radius 1 is 1.53 bits per heavy atom. The van der Waals surface area contributed by atoms with Crippen molar-refractivity contribution in [1.82, 2.24) is 9.55 Å². The third kappa shape index (κ3) is 2.25. The van der Waals surface area contributed by atoms with Gasteiger partial charge in [-0.25, -0.2) is 9.37 Å². The van der Waals surface area contributed by atoms with Gasteiger partial charge < -0.3 is 4.57 Å². The molecule has 0 bridgehead atoms. The highest BCUT2D eigenvalue weighted by Crippen LogP contribution is 2.49. The minimum atomic E-state index is -0.274. The van der Waals surface area contributed by atoms with Gasteiger partial charge in [0.05, 0.1) is 10.9 Å². The van der Waals surface area contributed by atoms with Crippen molar-refractivity contribution in [2.45, 2.75) is 36.4 Å². The first-order chi connectivity index (χ1) is 9.06. The van der Waals surface area contributed by atoms with Gasteiger partial charge in [-0.1, -0.05) is 6.07 Å². The van der Waals surface area contributed by atoms with Crippen LogP contribution in [0.2, 0.25) is 0 Å². The van der Waals surface area contributed by atoms with Crippen LogP contribution in [0, 0.1) is 5.82 Å². The molecule has 1 aliphatic carbocycles. The quantitative estimate of drug-likeness (QED) is 0.780. The monoisotopic (exact) mass is 298 g/mol. The highest BCUT2D eigenvalue weighted by molar-refractivity contribution is 8.00. The molecule has 1 aromatic heterocycles. The number of thioether (sulfide) groups is 1. The van der Waals surface area contributed by atoms with E-state index in [1.165, 1.54) is 18.9 Å². The molecule has 1 unspecified atom stereocenters. The molecule has 19 heavy (non-hydrogen) atoms. The Balaban J connectivity index is 2.14. The van der Waals surface area contributed by atoms with Gasteiger partial charge in [0.1, 0.15) is 11.3 Å². The average molecular weight is 299 g/mol. The Morgan fingerprint density at radius 3 is 2.84 bits per heavy atom. The lowest BCUT2D eigenvalue weighted by molar-refractivity contribution is 0.637. The molecule has 0 saturated heterocycles. The molecule has 5 heteroatoms. The summed E-state index contributed by atoms with van der Waals surface area (Å²) in [6.45, 7) is 2.75. The number of hydrogen-bond acceptors (Lipinski definition) is 2. The first-order valence-electron chi connectivity index (χ1n) is 6.40. The Morgan fingerprint density at radius 2 is 2.26 bits per heavy atom. The summed E-state index contributed by atoms with van der Waals surface area (Å²) >= 11 is 8.10. The van der Waals surface area contributed by atoms with Gasteiger partial charge in [0.15, 0.2) is 5.82 Å². The molecule has 1 aliphatic rings. The van der Waals surface area contributed by atoms with E-state index < -0.39 is 0 Å². The molecule has 3 rings (SSSR count). The maximum Gasteiger partial charge on any atom is 0.151 e. The van der Waals surface area contributed by atoms with Crippen LogP contribution >= 0.6 is 23.4 Å². The van der Waals surface area contributed by atoms with Gasteiger partial charge in [0, 0.05) is 11.3 Å². The van der Waals surface area contributed by atoms with E-state index in [9.17, 15) is 4.39 Å². The van der Waals surface area contributed by atoms with Crippen molar-refractivity contribution in [3.8, 4) is 0 Å². The van der Waals surface area contributed by atoms with Crippen molar-refractivity contribution in [3.63, 3.8) is 0 Å². The van der Waals surface area contributed by atoms with E-state index in [4.69, 9.17) is 11.6 Å². The zero-order valence-electron chi connectivity index (χ0n) is 11.0. The minimum absolute atomic E-state index is 0.218. The number of hydrogen-bond donors (Lipinski definition) is 0. The Labute approximate surface area is 121 Å². The number of fused-ring (bicyclic) bond motifs is 1.